The maximum atomic E-state index is 12.9. The van der Waals surface area contributed by atoms with Crippen LogP contribution in [0.5, 0.6) is 0 Å². The Kier molecular flexibility index (Phi) is 2.57. The zero-order valence-electron chi connectivity index (χ0n) is 11.3. The van der Waals surface area contributed by atoms with Crippen molar-refractivity contribution < 1.29 is 4.79 Å². The van der Waals surface area contributed by atoms with Crippen LogP contribution in [0.4, 0.5) is 0 Å². The summed E-state index contributed by atoms with van der Waals surface area (Å²) in [7, 11) is 0. The first-order chi connectivity index (χ1) is 9.74. The highest BCUT2D eigenvalue weighted by Crippen LogP contribution is 2.36. The molecule has 2 fully saturated rings. The van der Waals surface area contributed by atoms with Crippen LogP contribution in [-0.4, -0.2) is 38.5 Å². The molecular formula is C15H18N4O. The summed E-state index contributed by atoms with van der Waals surface area (Å²) in [5.41, 5.74) is 7.66. The average Bonchev–Trinajstić information content (AvgIpc) is 2.98. The van der Waals surface area contributed by atoms with Crippen molar-refractivity contribution in [3.8, 4) is 0 Å². The molecule has 5 nitrogen and oxygen atoms in total. The van der Waals surface area contributed by atoms with E-state index in [0.29, 0.717) is 17.6 Å². The van der Waals surface area contributed by atoms with Gasteiger partial charge in [-0.2, -0.15) is 5.10 Å². The highest BCUT2D eigenvalue weighted by Gasteiger charge is 2.42. The monoisotopic (exact) mass is 270 g/mol. The van der Waals surface area contributed by atoms with Gasteiger partial charge in [0.1, 0.15) is 0 Å². The summed E-state index contributed by atoms with van der Waals surface area (Å²) in [5, 5.41) is 4.26. The highest BCUT2D eigenvalue weighted by molar-refractivity contribution is 6.01. The zero-order chi connectivity index (χ0) is 13.7. The van der Waals surface area contributed by atoms with Gasteiger partial charge in [0.15, 0.2) is 0 Å². The molecule has 1 amide bonds. The third-order valence-electron chi connectivity index (χ3n) is 4.66. The Hall–Kier alpha value is -1.88. The molecule has 0 saturated carbocycles. The number of rotatable bonds is 1. The standard InChI is InChI=1S/C15H18N4O/c16-10-7-11-4-5-12(8-10)19(11)15(20)13-9-17-18-6-2-1-3-14(13)18/h1-3,6,9-12H,4-5,7-8,16H2. The molecule has 2 aliphatic heterocycles. The summed E-state index contributed by atoms with van der Waals surface area (Å²) in [6.45, 7) is 0. The average molecular weight is 270 g/mol. The van der Waals surface area contributed by atoms with Crippen LogP contribution in [0, 0.1) is 0 Å². The van der Waals surface area contributed by atoms with Gasteiger partial charge >= 0.3 is 0 Å². The molecular weight excluding hydrogens is 252 g/mol. The van der Waals surface area contributed by atoms with Gasteiger partial charge in [0.25, 0.3) is 5.91 Å². The number of piperidine rings is 1. The molecule has 0 aliphatic carbocycles. The fourth-order valence-electron chi connectivity index (χ4n) is 3.79. The summed E-state index contributed by atoms with van der Waals surface area (Å²) in [4.78, 5) is 14.9. The van der Waals surface area contributed by atoms with Crippen molar-refractivity contribution in [2.75, 3.05) is 0 Å². The first kappa shape index (κ1) is 11.9. The second-order valence-corrected chi connectivity index (χ2v) is 5.92. The molecule has 0 spiro atoms. The number of hydrogen-bond donors (Lipinski definition) is 1. The van der Waals surface area contributed by atoms with Crippen LogP contribution in [0.1, 0.15) is 36.0 Å². The molecule has 4 heterocycles. The summed E-state index contributed by atoms with van der Waals surface area (Å²) in [6.07, 6.45) is 7.59. The number of fused-ring (bicyclic) bond motifs is 3. The molecule has 2 N–H and O–H groups in total. The van der Waals surface area contributed by atoms with Crippen LogP contribution in [0.2, 0.25) is 0 Å². The number of nitrogens with two attached hydrogens (primary N) is 1. The topological polar surface area (TPSA) is 63.6 Å². The quantitative estimate of drug-likeness (QED) is 0.852. The van der Waals surface area contributed by atoms with Gasteiger partial charge in [0, 0.05) is 24.3 Å². The Labute approximate surface area is 117 Å². The lowest BCUT2D eigenvalue weighted by molar-refractivity contribution is 0.0577. The largest absolute Gasteiger partial charge is 0.332 e. The van der Waals surface area contributed by atoms with Gasteiger partial charge in [-0.3, -0.25) is 4.79 Å². The normalized spacial score (nSPS) is 29.1. The second kappa shape index (κ2) is 4.31. The van der Waals surface area contributed by atoms with E-state index in [0.717, 1.165) is 31.2 Å². The fourth-order valence-corrected chi connectivity index (χ4v) is 3.79. The van der Waals surface area contributed by atoms with E-state index in [-0.39, 0.29) is 11.9 Å². The minimum Gasteiger partial charge on any atom is -0.332 e. The smallest absolute Gasteiger partial charge is 0.258 e. The van der Waals surface area contributed by atoms with Crippen molar-refractivity contribution in [3.63, 3.8) is 0 Å². The van der Waals surface area contributed by atoms with Crippen molar-refractivity contribution in [2.24, 2.45) is 5.73 Å². The first-order valence-corrected chi connectivity index (χ1v) is 7.24. The van der Waals surface area contributed by atoms with E-state index in [1.54, 1.807) is 10.7 Å². The van der Waals surface area contributed by atoms with Crippen LogP contribution < -0.4 is 5.73 Å². The predicted octanol–water partition coefficient (Wildman–Crippen LogP) is 1.43. The minimum absolute atomic E-state index is 0.116. The molecule has 0 radical (unpaired) electrons. The van der Waals surface area contributed by atoms with Crippen LogP contribution in [0.3, 0.4) is 0 Å². The van der Waals surface area contributed by atoms with Gasteiger partial charge < -0.3 is 10.6 Å². The van der Waals surface area contributed by atoms with E-state index in [2.05, 4.69) is 10.00 Å². The molecule has 2 aromatic heterocycles. The minimum atomic E-state index is 0.116. The Morgan fingerprint density at radius 2 is 2.00 bits per heavy atom. The van der Waals surface area contributed by atoms with Crippen LogP contribution in [0.25, 0.3) is 5.52 Å². The van der Waals surface area contributed by atoms with Crippen molar-refractivity contribution in [3.05, 3.63) is 36.2 Å². The molecule has 4 rings (SSSR count). The molecule has 104 valence electrons. The molecule has 2 bridgehead atoms. The van der Waals surface area contributed by atoms with E-state index in [9.17, 15) is 4.79 Å². The molecule has 5 heteroatoms. The maximum Gasteiger partial charge on any atom is 0.258 e. The molecule has 2 unspecified atom stereocenters. The van der Waals surface area contributed by atoms with E-state index in [4.69, 9.17) is 5.73 Å². The van der Waals surface area contributed by atoms with E-state index < -0.39 is 0 Å². The van der Waals surface area contributed by atoms with Crippen molar-refractivity contribution in [1.82, 2.24) is 14.5 Å². The molecule has 20 heavy (non-hydrogen) atoms. The van der Waals surface area contributed by atoms with E-state index in [1.165, 1.54) is 0 Å². The number of pyridine rings is 1. The molecule has 0 aromatic carbocycles. The summed E-state index contributed by atoms with van der Waals surface area (Å²) >= 11 is 0. The second-order valence-electron chi connectivity index (χ2n) is 5.92. The van der Waals surface area contributed by atoms with Crippen molar-refractivity contribution in [1.29, 1.82) is 0 Å². The number of carbonyl (C=O) groups excluding carboxylic acids is 1. The van der Waals surface area contributed by atoms with Crippen molar-refractivity contribution >= 4 is 11.4 Å². The van der Waals surface area contributed by atoms with Gasteiger partial charge in [0.05, 0.1) is 17.3 Å². The number of amides is 1. The van der Waals surface area contributed by atoms with Crippen LogP contribution in [0.15, 0.2) is 30.6 Å². The summed E-state index contributed by atoms with van der Waals surface area (Å²) in [5.74, 6) is 0.116. The molecule has 2 atom stereocenters. The third-order valence-corrected chi connectivity index (χ3v) is 4.66. The Morgan fingerprint density at radius 3 is 2.75 bits per heavy atom. The number of hydrogen-bond acceptors (Lipinski definition) is 3. The molecule has 2 aliphatic rings. The Balaban J connectivity index is 1.71. The lowest BCUT2D eigenvalue weighted by atomic mass is 9.97. The van der Waals surface area contributed by atoms with Gasteiger partial charge in [-0.15, -0.1) is 0 Å². The fraction of sp³-hybridized carbons (Fsp3) is 0.467. The highest BCUT2D eigenvalue weighted by atomic mass is 16.2. The number of carbonyl (C=O) groups is 1. The third kappa shape index (κ3) is 1.66. The predicted molar refractivity (Wildman–Crippen MR) is 75.4 cm³/mol. The van der Waals surface area contributed by atoms with Crippen LogP contribution >= 0.6 is 0 Å². The summed E-state index contributed by atoms with van der Waals surface area (Å²) in [6, 6.07) is 6.68. The van der Waals surface area contributed by atoms with Gasteiger partial charge in [-0.1, -0.05) is 6.07 Å². The first-order valence-electron chi connectivity index (χ1n) is 7.24. The lowest BCUT2D eigenvalue weighted by Gasteiger charge is -2.37. The van der Waals surface area contributed by atoms with E-state index >= 15 is 0 Å². The number of nitrogens with zero attached hydrogens (tertiary/aromatic N) is 3. The van der Waals surface area contributed by atoms with Gasteiger partial charge in [0.2, 0.25) is 0 Å². The van der Waals surface area contributed by atoms with Gasteiger partial charge in [-0.05, 0) is 37.8 Å². The summed E-state index contributed by atoms with van der Waals surface area (Å²) < 4.78 is 1.75. The van der Waals surface area contributed by atoms with Gasteiger partial charge in [-0.25, -0.2) is 4.52 Å². The Morgan fingerprint density at radius 1 is 1.25 bits per heavy atom. The van der Waals surface area contributed by atoms with E-state index in [1.807, 2.05) is 24.4 Å². The van der Waals surface area contributed by atoms with Crippen LogP contribution in [-0.2, 0) is 0 Å². The number of aromatic nitrogens is 2. The van der Waals surface area contributed by atoms with Crippen molar-refractivity contribution in [2.45, 2.75) is 43.8 Å². The molecule has 2 saturated heterocycles. The Bertz CT molecular complexity index is 651. The molecule has 2 aromatic rings. The SMILES string of the molecule is NC1CC2CCC(C1)N2C(=O)c1cnn2ccccc12. The zero-order valence-corrected chi connectivity index (χ0v) is 11.3. The maximum absolute atomic E-state index is 12.9. The lowest BCUT2D eigenvalue weighted by Crippen LogP contribution is -2.50.